The van der Waals surface area contributed by atoms with Crippen LogP contribution in [0.3, 0.4) is 0 Å². The number of hydrogen-bond acceptors (Lipinski definition) is 3. The molecule has 4 nitrogen and oxygen atoms in total. The fourth-order valence-electron chi connectivity index (χ4n) is 1.75. The molecule has 20 heavy (non-hydrogen) atoms. The number of anilines is 3. The van der Waals surface area contributed by atoms with E-state index in [0.29, 0.717) is 6.61 Å². The van der Waals surface area contributed by atoms with Crippen molar-refractivity contribution in [2.75, 3.05) is 23.8 Å². The molecule has 0 aliphatic carbocycles. The fourth-order valence-corrected chi connectivity index (χ4v) is 1.75. The van der Waals surface area contributed by atoms with E-state index in [-0.39, 0.29) is 12.5 Å². The van der Waals surface area contributed by atoms with Crippen LogP contribution in [0.2, 0.25) is 0 Å². The van der Waals surface area contributed by atoms with Gasteiger partial charge in [-0.3, -0.25) is 4.79 Å². The van der Waals surface area contributed by atoms with Gasteiger partial charge in [-0.2, -0.15) is 0 Å². The van der Waals surface area contributed by atoms with Gasteiger partial charge < -0.3 is 15.4 Å². The molecule has 4 heteroatoms. The fraction of sp³-hybridized carbons (Fsp3) is 0.188. The predicted molar refractivity (Wildman–Crippen MR) is 81.3 cm³/mol. The summed E-state index contributed by atoms with van der Waals surface area (Å²) in [7, 11) is 0. The largest absolute Gasteiger partial charge is 0.372 e. The van der Waals surface area contributed by atoms with Gasteiger partial charge in [0.15, 0.2) is 0 Å². The number of amides is 1. The van der Waals surface area contributed by atoms with Crippen LogP contribution in [0.25, 0.3) is 0 Å². The Morgan fingerprint density at radius 1 is 1.00 bits per heavy atom. The Morgan fingerprint density at radius 2 is 1.70 bits per heavy atom. The molecule has 2 N–H and O–H groups in total. The first-order chi connectivity index (χ1) is 9.78. The SMILES string of the molecule is CCOCC(=O)Nc1cccc(Nc2ccccc2)c1. The second-order valence-electron chi connectivity index (χ2n) is 4.26. The van der Waals surface area contributed by atoms with Crippen LogP contribution in [-0.4, -0.2) is 19.1 Å². The molecular weight excluding hydrogens is 252 g/mol. The van der Waals surface area contributed by atoms with Gasteiger partial charge >= 0.3 is 0 Å². The molecule has 0 saturated carbocycles. The third kappa shape index (κ3) is 4.40. The Labute approximate surface area is 118 Å². The standard InChI is InChI=1S/C16H18N2O2/c1-2-20-12-16(19)18-15-10-6-9-14(11-15)17-13-7-4-3-5-8-13/h3-11,17H,2,12H2,1H3,(H,18,19). The average Bonchev–Trinajstić information content (AvgIpc) is 2.46. The number of carbonyl (C=O) groups is 1. The van der Waals surface area contributed by atoms with Gasteiger partial charge in [-0.15, -0.1) is 0 Å². The predicted octanol–water partition coefficient (Wildman–Crippen LogP) is 3.41. The molecule has 0 bridgehead atoms. The van der Waals surface area contributed by atoms with E-state index in [2.05, 4.69) is 10.6 Å². The highest BCUT2D eigenvalue weighted by Gasteiger charge is 2.02. The number of nitrogens with one attached hydrogen (secondary N) is 2. The summed E-state index contributed by atoms with van der Waals surface area (Å²) in [6.45, 7) is 2.47. The summed E-state index contributed by atoms with van der Waals surface area (Å²) in [6, 6.07) is 17.5. The zero-order valence-corrected chi connectivity index (χ0v) is 11.4. The number of ether oxygens (including phenoxy) is 1. The summed E-state index contributed by atoms with van der Waals surface area (Å²) in [6.07, 6.45) is 0. The Balaban J connectivity index is 1.99. The van der Waals surface area contributed by atoms with Crippen molar-refractivity contribution in [1.29, 1.82) is 0 Å². The van der Waals surface area contributed by atoms with Crippen molar-refractivity contribution in [2.45, 2.75) is 6.92 Å². The highest BCUT2D eigenvalue weighted by Crippen LogP contribution is 2.19. The summed E-state index contributed by atoms with van der Waals surface area (Å²) in [4.78, 5) is 11.6. The molecule has 0 unspecified atom stereocenters. The summed E-state index contributed by atoms with van der Waals surface area (Å²) >= 11 is 0. The van der Waals surface area contributed by atoms with E-state index in [4.69, 9.17) is 4.74 Å². The van der Waals surface area contributed by atoms with Gasteiger partial charge in [-0.05, 0) is 37.3 Å². The first-order valence-corrected chi connectivity index (χ1v) is 6.57. The van der Waals surface area contributed by atoms with E-state index in [9.17, 15) is 4.79 Å². The van der Waals surface area contributed by atoms with E-state index in [0.717, 1.165) is 17.1 Å². The smallest absolute Gasteiger partial charge is 0.250 e. The third-order valence-corrected chi connectivity index (χ3v) is 2.65. The van der Waals surface area contributed by atoms with Gasteiger partial charge in [0.1, 0.15) is 6.61 Å². The average molecular weight is 270 g/mol. The van der Waals surface area contributed by atoms with E-state index in [1.807, 2.05) is 61.5 Å². The number of rotatable bonds is 6. The Morgan fingerprint density at radius 3 is 2.45 bits per heavy atom. The maximum Gasteiger partial charge on any atom is 0.250 e. The maximum atomic E-state index is 11.6. The Bertz CT molecular complexity index is 555. The first-order valence-electron chi connectivity index (χ1n) is 6.57. The molecule has 0 aliphatic rings. The summed E-state index contributed by atoms with van der Waals surface area (Å²) in [5.41, 5.74) is 2.67. The van der Waals surface area contributed by atoms with Gasteiger partial charge in [0.2, 0.25) is 5.91 Å². The van der Waals surface area contributed by atoms with Crippen LogP contribution in [-0.2, 0) is 9.53 Å². The number of hydrogen-bond donors (Lipinski definition) is 2. The Kier molecular flexibility index (Phi) is 5.15. The zero-order valence-electron chi connectivity index (χ0n) is 11.4. The lowest BCUT2D eigenvalue weighted by molar-refractivity contribution is -0.120. The molecule has 0 saturated heterocycles. The molecule has 2 aromatic carbocycles. The van der Waals surface area contributed by atoms with Crippen molar-refractivity contribution in [1.82, 2.24) is 0 Å². The van der Waals surface area contributed by atoms with Gasteiger partial charge in [-0.25, -0.2) is 0 Å². The van der Waals surface area contributed by atoms with Crippen LogP contribution in [0.1, 0.15) is 6.92 Å². The molecule has 2 aromatic rings. The summed E-state index contributed by atoms with van der Waals surface area (Å²) in [5.74, 6) is -0.149. The monoisotopic (exact) mass is 270 g/mol. The zero-order chi connectivity index (χ0) is 14.2. The van der Waals surface area contributed by atoms with Crippen LogP contribution >= 0.6 is 0 Å². The molecule has 0 heterocycles. The van der Waals surface area contributed by atoms with Crippen molar-refractivity contribution in [3.8, 4) is 0 Å². The second-order valence-corrected chi connectivity index (χ2v) is 4.26. The molecule has 0 spiro atoms. The topological polar surface area (TPSA) is 50.4 Å². The lowest BCUT2D eigenvalue weighted by Crippen LogP contribution is -2.18. The lowest BCUT2D eigenvalue weighted by atomic mass is 10.2. The second kappa shape index (κ2) is 7.31. The van der Waals surface area contributed by atoms with Crippen LogP contribution in [0.5, 0.6) is 0 Å². The highest BCUT2D eigenvalue weighted by atomic mass is 16.5. The minimum atomic E-state index is -0.149. The molecular formula is C16H18N2O2. The number of benzene rings is 2. The maximum absolute atomic E-state index is 11.6. The quantitative estimate of drug-likeness (QED) is 0.845. The van der Waals surface area contributed by atoms with Crippen LogP contribution in [0.4, 0.5) is 17.1 Å². The van der Waals surface area contributed by atoms with E-state index < -0.39 is 0 Å². The number of para-hydroxylation sites is 1. The lowest BCUT2D eigenvalue weighted by Gasteiger charge is -2.09. The van der Waals surface area contributed by atoms with Gasteiger partial charge in [-0.1, -0.05) is 24.3 Å². The van der Waals surface area contributed by atoms with Crippen molar-refractivity contribution < 1.29 is 9.53 Å². The van der Waals surface area contributed by atoms with Gasteiger partial charge in [0, 0.05) is 23.7 Å². The van der Waals surface area contributed by atoms with Crippen molar-refractivity contribution in [2.24, 2.45) is 0 Å². The minimum Gasteiger partial charge on any atom is -0.372 e. The van der Waals surface area contributed by atoms with Crippen molar-refractivity contribution >= 4 is 23.0 Å². The molecule has 0 aliphatic heterocycles. The van der Waals surface area contributed by atoms with Gasteiger partial charge in [0.25, 0.3) is 0 Å². The van der Waals surface area contributed by atoms with Crippen molar-refractivity contribution in [3.63, 3.8) is 0 Å². The Hall–Kier alpha value is -2.33. The normalized spacial score (nSPS) is 10.1. The first kappa shape index (κ1) is 14.1. The summed E-state index contributed by atoms with van der Waals surface area (Å²) in [5, 5.41) is 6.08. The minimum absolute atomic E-state index is 0.0762. The summed E-state index contributed by atoms with van der Waals surface area (Å²) < 4.78 is 5.07. The van der Waals surface area contributed by atoms with E-state index >= 15 is 0 Å². The van der Waals surface area contributed by atoms with Crippen LogP contribution in [0, 0.1) is 0 Å². The third-order valence-electron chi connectivity index (χ3n) is 2.65. The van der Waals surface area contributed by atoms with Crippen molar-refractivity contribution in [3.05, 3.63) is 54.6 Å². The highest BCUT2D eigenvalue weighted by molar-refractivity contribution is 5.92. The molecule has 2 rings (SSSR count). The van der Waals surface area contributed by atoms with E-state index in [1.165, 1.54) is 0 Å². The molecule has 0 radical (unpaired) electrons. The molecule has 104 valence electrons. The molecule has 1 amide bonds. The molecule has 0 atom stereocenters. The molecule has 0 aromatic heterocycles. The van der Waals surface area contributed by atoms with Crippen LogP contribution < -0.4 is 10.6 Å². The van der Waals surface area contributed by atoms with E-state index in [1.54, 1.807) is 0 Å². The van der Waals surface area contributed by atoms with Gasteiger partial charge in [0.05, 0.1) is 0 Å². The number of carbonyl (C=O) groups excluding carboxylic acids is 1. The van der Waals surface area contributed by atoms with Crippen LogP contribution in [0.15, 0.2) is 54.6 Å². The molecule has 0 fully saturated rings.